The SMILES string of the molecule is O=C(CCn1ccc(=O)[nH]c1=O)N1CCN(C(=O)c2cc3n(n2)CCCC3)CC1. The summed E-state index contributed by atoms with van der Waals surface area (Å²) in [6, 6.07) is 3.14. The molecule has 29 heavy (non-hydrogen) atoms. The van der Waals surface area contributed by atoms with Crippen LogP contribution in [-0.2, 0) is 24.3 Å². The minimum atomic E-state index is -0.525. The number of rotatable bonds is 4. The van der Waals surface area contributed by atoms with E-state index >= 15 is 0 Å². The third kappa shape index (κ3) is 4.15. The van der Waals surface area contributed by atoms with Crippen molar-refractivity contribution < 1.29 is 9.59 Å². The maximum Gasteiger partial charge on any atom is 0.328 e. The number of fused-ring (bicyclic) bond motifs is 1. The molecular weight excluding hydrogens is 376 g/mol. The monoisotopic (exact) mass is 400 g/mol. The van der Waals surface area contributed by atoms with Crippen LogP contribution in [0.2, 0.25) is 0 Å². The normalized spacial score (nSPS) is 16.6. The minimum absolute atomic E-state index is 0.0762. The molecule has 0 spiro atoms. The van der Waals surface area contributed by atoms with Crippen molar-refractivity contribution in [2.45, 2.75) is 38.8 Å². The second kappa shape index (κ2) is 8.06. The fourth-order valence-electron chi connectivity index (χ4n) is 3.84. The van der Waals surface area contributed by atoms with Crippen molar-refractivity contribution in [3.05, 3.63) is 50.6 Å². The molecule has 10 nitrogen and oxygen atoms in total. The van der Waals surface area contributed by atoms with Gasteiger partial charge in [-0.3, -0.25) is 24.0 Å². The number of carbonyl (C=O) groups excluding carboxylic acids is 2. The number of hydrogen-bond acceptors (Lipinski definition) is 5. The third-order valence-corrected chi connectivity index (χ3v) is 5.52. The highest BCUT2D eigenvalue weighted by molar-refractivity contribution is 5.92. The van der Waals surface area contributed by atoms with Gasteiger partial charge in [0.1, 0.15) is 0 Å². The van der Waals surface area contributed by atoms with Gasteiger partial charge in [0.05, 0.1) is 0 Å². The molecule has 2 amide bonds. The summed E-state index contributed by atoms with van der Waals surface area (Å²) >= 11 is 0. The largest absolute Gasteiger partial charge is 0.339 e. The molecule has 1 N–H and O–H groups in total. The van der Waals surface area contributed by atoms with Gasteiger partial charge in [-0.2, -0.15) is 5.10 Å². The molecule has 1 saturated heterocycles. The molecule has 0 radical (unpaired) electrons. The van der Waals surface area contributed by atoms with E-state index in [4.69, 9.17) is 0 Å². The third-order valence-electron chi connectivity index (χ3n) is 5.52. The molecule has 0 saturated carbocycles. The lowest BCUT2D eigenvalue weighted by atomic mass is 10.1. The molecule has 4 rings (SSSR count). The number of aromatic amines is 1. The Balaban J connectivity index is 1.30. The predicted octanol–water partition coefficient (Wildman–Crippen LogP) is -0.556. The van der Waals surface area contributed by atoms with Crippen molar-refractivity contribution in [3.63, 3.8) is 0 Å². The van der Waals surface area contributed by atoms with Gasteiger partial charge in [-0.1, -0.05) is 0 Å². The molecule has 0 unspecified atom stereocenters. The quantitative estimate of drug-likeness (QED) is 0.739. The molecule has 0 atom stereocenters. The van der Waals surface area contributed by atoms with Crippen molar-refractivity contribution in [3.8, 4) is 0 Å². The molecular formula is C19H24N6O4. The van der Waals surface area contributed by atoms with Crippen LogP contribution >= 0.6 is 0 Å². The van der Waals surface area contributed by atoms with Gasteiger partial charge in [0.2, 0.25) is 5.91 Å². The molecule has 2 aliphatic rings. The zero-order chi connectivity index (χ0) is 20.4. The van der Waals surface area contributed by atoms with E-state index in [9.17, 15) is 19.2 Å². The highest BCUT2D eigenvalue weighted by Gasteiger charge is 2.27. The molecule has 0 aromatic carbocycles. The van der Waals surface area contributed by atoms with Gasteiger partial charge in [0.25, 0.3) is 11.5 Å². The summed E-state index contributed by atoms with van der Waals surface area (Å²) in [7, 11) is 0. The maximum atomic E-state index is 12.7. The molecule has 10 heteroatoms. The van der Waals surface area contributed by atoms with Crippen LogP contribution < -0.4 is 11.2 Å². The molecule has 2 aromatic rings. The Morgan fingerprint density at radius 1 is 1.03 bits per heavy atom. The fraction of sp³-hybridized carbons (Fsp3) is 0.526. The van der Waals surface area contributed by atoms with E-state index in [1.54, 1.807) is 9.80 Å². The number of nitrogens with zero attached hydrogens (tertiary/aromatic N) is 5. The number of aromatic nitrogens is 4. The summed E-state index contributed by atoms with van der Waals surface area (Å²) in [5, 5.41) is 4.44. The van der Waals surface area contributed by atoms with E-state index in [1.165, 1.54) is 16.8 Å². The molecule has 1 fully saturated rings. The number of nitrogens with one attached hydrogen (secondary N) is 1. The molecule has 0 aliphatic carbocycles. The first-order valence-electron chi connectivity index (χ1n) is 9.95. The van der Waals surface area contributed by atoms with E-state index in [1.807, 2.05) is 10.7 Å². The second-order valence-electron chi connectivity index (χ2n) is 7.43. The first-order valence-corrected chi connectivity index (χ1v) is 9.95. The summed E-state index contributed by atoms with van der Waals surface area (Å²) in [6.45, 7) is 2.91. The van der Waals surface area contributed by atoms with E-state index < -0.39 is 11.2 Å². The van der Waals surface area contributed by atoms with Crippen LogP contribution in [0.15, 0.2) is 27.9 Å². The summed E-state index contributed by atoms with van der Waals surface area (Å²) < 4.78 is 3.23. The smallest absolute Gasteiger partial charge is 0.328 e. The van der Waals surface area contributed by atoms with Crippen LogP contribution in [-0.4, -0.2) is 67.1 Å². The van der Waals surface area contributed by atoms with Gasteiger partial charge in [0.15, 0.2) is 5.69 Å². The zero-order valence-electron chi connectivity index (χ0n) is 16.2. The molecule has 0 bridgehead atoms. The molecule has 2 aliphatic heterocycles. The Kier molecular flexibility index (Phi) is 5.32. The number of amides is 2. The average Bonchev–Trinajstić information content (AvgIpc) is 3.17. The predicted molar refractivity (Wildman–Crippen MR) is 104 cm³/mol. The lowest BCUT2D eigenvalue weighted by Gasteiger charge is -2.34. The van der Waals surface area contributed by atoms with Crippen LogP contribution in [0.5, 0.6) is 0 Å². The molecule has 2 aromatic heterocycles. The standard InChI is InChI=1S/C19H24N6O4/c26-16-4-7-24(19(29)20-16)8-5-17(27)22-9-11-23(12-10-22)18(28)15-13-14-3-1-2-6-25(14)21-15/h4,7,13H,1-3,5-6,8-12H2,(H,20,26,29). The Hall–Kier alpha value is -3.17. The maximum absolute atomic E-state index is 12.7. The van der Waals surface area contributed by atoms with Gasteiger partial charge in [-0.15, -0.1) is 0 Å². The highest BCUT2D eigenvalue weighted by atomic mass is 16.2. The number of piperazine rings is 1. The fourth-order valence-corrected chi connectivity index (χ4v) is 3.84. The Bertz CT molecular complexity index is 1000. The molecule has 4 heterocycles. The van der Waals surface area contributed by atoms with Crippen molar-refractivity contribution in [2.24, 2.45) is 0 Å². The van der Waals surface area contributed by atoms with Crippen LogP contribution in [0.1, 0.15) is 35.4 Å². The Morgan fingerprint density at radius 3 is 2.52 bits per heavy atom. The molecule has 154 valence electrons. The van der Waals surface area contributed by atoms with Crippen molar-refractivity contribution >= 4 is 11.8 Å². The lowest BCUT2D eigenvalue weighted by Crippen LogP contribution is -2.50. The first-order chi connectivity index (χ1) is 14.0. The van der Waals surface area contributed by atoms with Crippen molar-refractivity contribution in [2.75, 3.05) is 26.2 Å². The Morgan fingerprint density at radius 2 is 1.79 bits per heavy atom. The van der Waals surface area contributed by atoms with E-state index in [0.29, 0.717) is 31.9 Å². The summed E-state index contributed by atoms with van der Waals surface area (Å²) in [5.41, 5.74) is 0.616. The second-order valence-corrected chi connectivity index (χ2v) is 7.43. The van der Waals surface area contributed by atoms with Crippen LogP contribution in [0, 0.1) is 0 Å². The number of carbonyl (C=O) groups is 2. The van der Waals surface area contributed by atoms with E-state index in [0.717, 1.165) is 31.5 Å². The van der Waals surface area contributed by atoms with E-state index in [2.05, 4.69) is 10.1 Å². The summed E-state index contributed by atoms with van der Waals surface area (Å²) in [6.07, 6.45) is 4.73. The number of H-pyrrole nitrogens is 1. The highest BCUT2D eigenvalue weighted by Crippen LogP contribution is 2.17. The minimum Gasteiger partial charge on any atom is -0.339 e. The van der Waals surface area contributed by atoms with Gasteiger partial charge >= 0.3 is 5.69 Å². The van der Waals surface area contributed by atoms with E-state index in [-0.39, 0.29) is 24.8 Å². The Labute approximate surface area is 166 Å². The average molecular weight is 400 g/mol. The van der Waals surface area contributed by atoms with Gasteiger partial charge in [-0.05, 0) is 25.3 Å². The van der Waals surface area contributed by atoms with Crippen LogP contribution in [0.25, 0.3) is 0 Å². The topological polar surface area (TPSA) is 113 Å². The van der Waals surface area contributed by atoms with Crippen molar-refractivity contribution in [1.29, 1.82) is 0 Å². The summed E-state index contributed by atoms with van der Waals surface area (Å²) in [5.74, 6) is -0.161. The van der Waals surface area contributed by atoms with Crippen molar-refractivity contribution in [1.82, 2.24) is 29.1 Å². The van der Waals surface area contributed by atoms with Gasteiger partial charge < -0.3 is 14.4 Å². The van der Waals surface area contributed by atoms with Gasteiger partial charge in [-0.25, -0.2) is 4.79 Å². The van der Waals surface area contributed by atoms with Crippen LogP contribution in [0.4, 0.5) is 0 Å². The first kappa shape index (κ1) is 19.2. The number of aryl methyl sites for hydroxylation is 3. The lowest BCUT2D eigenvalue weighted by molar-refractivity contribution is -0.132. The van der Waals surface area contributed by atoms with Crippen LogP contribution in [0.3, 0.4) is 0 Å². The summed E-state index contributed by atoms with van der Waals surface area (Å²) in [4.78, 5) is 53.6. The van der Waals surface area contributed by atoms with Gasteiger partial charge in [0, 0.05) is 63.6 Å². The zero-order valence-corrected chi connectivity index (χ0v) is 16.2. The number of hydrogen-bond donors (Lipinski definition) is 1.